The second-order valence-corrected chi connectivity index (χ2v) is 7.95. The molecule has 3 rings (SSSR count). The molecule has 0 N–H and O–H groups in total. The molecule has 1 aliphatic rings. The first-order chi connectivity index (χ1) is 9.72. The van der Waals surface area contributed by atoms with Crippen molar-refractivity contribution in [3.63, 3.8) is 0 Å². The van der Waals surface area contributed by atoms with E-state index in [1.165, 1.54) is 5.56 Å². The molecule has 2 nitrogen and oxygen atoms in total. The Balaban J connectivity index is 1.89. The Labute approximate surface area is 132 Å². The Bertz CT molecular complexity index is 652. The Morgan fingerprint density at radius 1 is 1.05 bits per heavy atom. The molecule has 0 spiro atoms. The van der Waals surface area contributed by atoms with Gasteiger partial charge >= 0.3 is 133 Å². The van der Waals surface area contributed by atoms with Crippen LogP contribution >= 0.6 is 15.9 Å². The quantitative estimate of drug-likeness (QED) is 0.718. The van der Waals surface area contributed by atoms with Gasteiger partial charge in [-0.25, -0.2) is 0 Å². The summed E-state index contributed by atoms with van der Waals surface area (Å²) in [5.74, 6) is -0.00935. The van der Waals surface area contributed by atoms with Crippen LogP contribution in [0.1, 0.15) is 22.4 Å². The van der Waals surface area contributed by atoms with Crippen molar-refractivity contribution in [3.05, 3.63) is 70.2 Å². The van der Waals surface area contributed by atoms with Crippen LogP contribution in [0.4, 0.5) is 0 Å². The van der Waals surface area contributed by atoms with E-state index in [-0.39, 0.29) is 25.7 Å². The summed E-state index contributed by atoms with van der Waals surface area (Å²) in [6, 6.07) is 18.3. The van der Waals surface area contributed by atoms with Crippen LogP contribution in [-0.4, -0.2) is 25.5 Å². The summed E-state index contributed by atoms with van der Waals surface area (Å²) in [4.78, 5) is 16.4. The third-order valence-electron chi connectivity index (χ3n) is 3.10. The summed E-state index contributed by atoms with van der Waals surface area (Å²) in [5, 5.41) is 0. The fourth-order valence-electron chi connectivity index (χ4n) is 2.10. The van der Waals surface area contributed by atoms with Gasteiger partial charge in [-0.2, -0.15) is 0 Å². The molecule has 0 bridgehead atoms. The number of halogens is 1. The Hall–Kier alpha value is -1.22. The average Bonchev–Trinajstić information content (AvgIpc) is 2.48. The normalized spacial score (nSPS) is 18.8. The maximum absolute atomic E-state index is 11.9. The first-order valence-corrected chi connectivity index (χ1v) is 8.95. The first-order valence-electron chi connectivity index (χ1n) is 6.31. The molecule has 2 aromatic carbocycles. The van der Waals surface area contributed by atoms with E-state index in [0.29, 0.717) is 6.42 Å². The summed E-state index contributed by atoms with van der Waals surface area (Å²) in [6.07, 6.45) is 0.526. The Kier molecular flexibility index (Phi) is 4.15. The number of amides is 1. The Morgan fingerprint density at radius 3 is 2.45 bits per heavy atom. The van der Waals surface area contributed by atoms with Crippen molar-refractivity contribution in [2.24, 2.45) is 4.99 Å². The predicted molar refractivity (Wildman–Crippen MR) is 85.2 cm³/mol. The number of nitrogens with zero attached hydrogens (tertiary/aromatic N) is 1. The molecule has 0 aromatic heterocycles. The van der Waals surface area contributed by atoms with Crippen LogP contribution in [0.15, 0.2) is 64.1 Å². The van der Waals surface area contributed by atoms with E-state index in [0.717, 1.165) is 14.6 Å². The van der Waals surface area contributed by atoms with Crippen LogP contribution in [0.25, 0.3) is 0 Å². The molecule has 4 heteroatoms. The number of carbonyl (C=O) groups is 1. The van der Waals surface area contributed by atoms with Crippen LogP contribution < -0.4 is 0 Å². The first kappa shape index (κ1) is 13.7. The van der Waals surface area contributed by atoms with Gasteiger partial charge in [-0.3, -0.25) is 0 Å². The summed E-state index contributed by atoms with van der Waals surface area (Å²) < 4.78 is 2.02. The van der Waals surface area contributed by atoms with E-state index in [1.807, 2.05) is 42.5 Å². The number of rotatable bonds is 2. The zero-order chi connectivity index (χ0) is 13.9. The number of benzene rings is 2. The van der Waals surface area contributed by atoms with Crippen molar-refractivity contribution in [3.8, 4) is 0 Å². The average molecular weight is 393 g/mol. The standard InChI is InChI=1S/C16H12BrNOSe/c17-13-8-6-11(7-9-13)14-10-15(19)18-16(20-14)12-4-2-1-3-5-12/h1-9,14H,10H2/t14-/m1/s1. The molecule has 0 fully saturated rings. The van der Waals surface area contributed by atoms with Crippen LogP contribution in [0.5, 0.6) is 0 Å². The van der Waals surface area contributed by atoms with Crippen molar-refractivity contribution in [1.82, 2.24) is 0 Å². The molecule has 20 heavy (non-hydrogen) atoms. The van der Waals surface area contributed by atoms with Gasteiger partial charge in [0, 0.05) is 0 Å². The SMILES string of the molecule is O=C1C[C@H](c2ccc(Br)cc2)[Se]C(c2ccccc2)=N1. The molecule has 1 heterocycles. The predicted octanol–water partition coefficient (Wildman–Crippen LogP) is 3.57. The molecule has 2 aromatic rings. The molecular formula is C16H12BrNOSe. The van der Waals surface area contributed by atoms with E-state index in [9.17, 15) is 4.79 Å². The molecule has 100 valence electrons. The number of hydrogen-bond acceptors (Lipinski definition) is 1. The van der Waals surface area contributed by atoms with Crippen LogP contribution in [0.3, 0.4) is 0 Å². The second kappa shape index (κ2) is 6.04. The Morgan fingerprint density at radius 2 is 1.75 bits per heavy atom. The van der Waals surface area contributed by atoms with Gasteiger partial charge < -0.3 is 0 Å². The van der Waals surface area contributed by atoms with Crippen molar-refractivity contribution in [2.75, 3.05) is 0 Å². The molecule has 0 aliphatic carbocycles. The van der Waals surface area contributed by atoms with Crippen molar-refractivity contribution < 1.29 is 4.79 Å². The van der Waals surface area contributed by atoms with Gasteiger partial charge in [0.05, 0.1) is 0 Å². The molecule has 1 aliphatic heterocycles. The van der Waals surface area contributed by atoms with Gasteiger partial charge in [-0.15, -0.1) is 0 Å². The second-order valence-electron chi connectivity index (χ2n) is 4.54. The van der Waals surface area contributed by atoms with Crippen LogP contribution in [0, 0.1) is 0 Å². The minimum atomic E-state index is -0.00935. The number of aliphatic imine (C=N–C) groups is 1. The molecule has 1 amide bonds. The summed E-state index contributed by atoms with van der Waals surface area (Å²) in [5.41, 5.74) is 2.30. The third kappa shape index (κ3) is 3.09. The zero-order valence-corrected chi connectivity index (χ0v) is 13.9. The molecule has 1 atom stereocenters. The zero-order valence-electron chi connectivity index (χ0n) is 10.6. The van der Waals surface area contributed by atoms with Gasteiger partial charge in [-0.1, -0.05) is 0 Å². The minimum absolute atomic E-state index is 0.00935. The van der Waals surface area contributed by atoms with Crippen molar-refractivity contribution >= 4 is 41.4 Å². The van der Waals surface area contributed by atoms with E-state index in [1.54, 1.807) is 0 Å². The van der Waals surface area contributed by atoms with E-state index in [4.69, 9.17) is 0 Å². The third-order valence-corrected chi connectivity index (χ3v) is 6.30. The van der Waals surface area contributed by atoms with Gasteiger partial charge in [-0.05, 0) is 0 Å². The van der Waals surface area contributed by atoms with E-state index >= 15 is 0 Å². The number of hydrogen-bond donors (Lipinski definition) is 0. The van der Waals surface area contributed by atoms with Gasteiger partial charge in [0.25, 0.3) is 0 Å². The number of carbonyl (C=O) groups excluding carboxylic acids is 1. The molecular weight excluding hydrogens is 381 g/mol. The molecule has 0 radical (unpaired) electrons. The van der Waals surface area contributed by atoms with Crippen molar-refractivity contribution in [2.45, 2.75) is 11.2 Å². The molecule has 0 saturated heterocycles. The fourth-order valence-corrected chi connectivity index (χ4v) is 4.91. The molecule has 0 saturated carbocycles. The summed E-state index contributed by atoms with van der Waals surface area (Å²) in [7, 11) is 0. The summed E-state index contributed by atoms with van der Waals surface area (Å²) in [6.45, 7) is 0. The van der Waals surface area contributed by atoms with Crippen molar-refractivity contribution in [1.29, 1.82) is 0 Å². The maximum atomic E-state index is 11.9. The van der Waals surface area contributed by atoms with Gasteiger partial charge in [0.1, 0.15) is 0 Å². The van der Waals surface area contributed by atoms with E-state index < -0.39 is 0 Å². The van der Waals surface area contributed by atoms with Crippen LogP contribution in [0.2, 0.25) is 0 Å². The summed E-state index contributed by atoms with van der Waals surface area (Å²) >= 11 is 3.63. The van der Waals surface area contributed by atoms with Gasteiger partial charge in [0.2, 0.25) is 0 Å². The van der Waals surface area contributed by atoms with E-state index in [2.05, 4.69) is 33.1 Å². The molecule has 0 unspecified atom stereocenters. The van der Waals surface area contributed by atoms with Crippen LogP contribution in [-0.2, 0) is 4.79 Å². The van der Waals surface area contributed by atoms with Gasteiger partial charge in [0.15, 0.2) is 0 Å². The monoisotopic (exact) mass is 393 g/mol. The fraction of sp³-hybridized carbons (Fsp3) is 0.125. The topological polar surface area (TPSA) is 29.4 Å².